The van der Waals surface area contributed by atoms with Gasteiger partial charge in [0, 0.05) is 23.5 Å². The molecule has 1 aliphatic carbocycles. The normalized spacial score (nSPS) is 17.4. The van der Waals surface area contributed by atoms with Crippen molar-refractivity contribution >= 4 is 29.0 Å². The quantitative estimate of drug-likeness (QED) is 0.230. The van der Waals surface area contributed by atoms with E-state index < -0.39 is 34.8 Å². The van der Waals surface area contributed by atoms with Gasteiger partial charge < -0.3 is 25.5 Å². The Morgan fingerprint density at radius 2 is 1.64 bits per heavy atom. The van der Waals surface area contributed by atoms with Gasteiger partial charge in [-0.2, -0.15) is 0 Å². The molecule has 0 fully saturated rings. The molecule has 0 aliphatic heterocycles. The lowest BCUT2D eigenvalue weighted by molar-refractivity contribution is -0.136. The first kappa shape index (κ1) is 30.8. The number of hydrogen-bond donors (Lipinski definition) is 3. The van der Waals surface area contributed by atoms with Gasteiger partial charge in [-0.15, -0.1) is 0 Å². The van der Waals surface area contributed by atoms with Crippen LogP contribution in [0.4, 0.5) is 9.59 Å². The molecule has 0 bridgehead atoms. The average molecular weight is 597 g/mol. The molecule has 0 saturated carbocycles. The zero-order chi connectivity index (χ0) is 31.5. The largest absolute Gasteiger partial charge is 0.445 e. The summed E-state index contributed by atoms with van der Waals surface area (Å²) in [5.74, 6) is -0.611. The Labute approximate surface area is 257 Å². The Morgan fingerprint density at radius 3 is 2.39 bits per heavy atom. The molecule has 2 atom stereocenters. The van der Waals surface area contributed by atoms with Gasteiger partial charge >= 0.3 is 12.2 Å². The predicted octanol–water partition coefficient (Wildman–Crippen LogP) is 5.96. The zero-order valence-corrected chi connectivity index (χ0v) is 25.7. The van der Waals surface area contributed by atoms with E-state index in [0.29, 0.717) is 12.8 Å². The third kappa shape index (κ3) is 6.78. The maximum atomic E-state index is 14.3. The van der Waals surface area contributed by atoms with Crippen LogP contribution in [-0.2, 0) is 39.3 Å². The number of aromatic amines is 1. The summed E-state index contributed by atoms with van der Waals surface area (Å²) in [6.07, 6.45) is 1.60. The molecule has 0 saturated heterocycles. The predicted molar refractivity (Wildman–Crippen MR) is 169 cm³/mol. The number of aryl methyl sites for hydroxylation is 1. The molecular weight excluding hydrogens is 556 g/mol. The molecule has 0 unspecified atom stereocenters. The van der Waals surface area contributed by atoms with Crippen LogP contribution in [0.2, 0.25) is 0 Å². The highest BCUT2D eigenvalue weighted by Crippen LogP contribution is 2.38. The molecule has 4 aromatic rings. The maximum absolute atomic E-state index is 14.3. The maximum Gasteiger partial charge on any atom is 0.417 e. The molecule has 1 aromatic heterocycles. The lowest BCUT2D eigenvalue weighted by Gasteiger charge is -2.39. The molecule has 5 rings (SSSR count). The van der Waals surface area contributed by atoms with Gasteiger partial charge in [0.05, 0.1) is 17.6 Å². The van der Waals surface area contributed by atoms with E-state index in [0.717, 1.165) is 38.1 Å². The van der Waals surface area contributed by atoms with Crippen LogP contribution in [0.25, 0.3) is 10.9 Å². The first-order chi connectivity index (χ1) is 20.9. The van der Waals surface area contributed by atoms with Crippen LogP contribution in [0.1, 0.15) is 56.4 Å². The summed E-state index contributed by atoms with van der Waals surface area (Å²) < 4.78 is 11.3. The number of nitrogens with zero attached hydrogens (tertiary/aromatic N) is 1. The van der Waals surface area contributed by atoms with Crippen molar-refractivity contribution in [3.63, 3.8) is 0 Å². The molecule has 9 heteroatoms. The molecule has 0 radical (unpaired) electrons. The molecule has 44 heavy (non-hydrogen) atoms. The monoisotopic (exact) mass is 596 g/mol. The number of H-pyrrole nitrogens is 1. The van der Waals surface area contributed by atoms with Crippen LogP contribution in [0.3, 0.4) is 0 Å². The van der Waals surface area contributed by atoms with Gasteiger partial charge in [-0.1, -0.05) is 72.8 Å². The van der Waals surface area contributed by atoms with Gasteiger partial charge in [-0.05, 0) is 68.9 Å². The summed E-state index contributed by atoms with van der Waals surface area (Å²) in [6, 6.07) is 24.8. The van der Waals surface area contributed by atoms with Crippen molar-refractivity contribution in [1.29, 1.82) is 0 Å². The van der Waals surface area contributed by atoms with Crippen molar-refractivity contribution < 1.29 is 23.9 Å². The molecular formula is C35H40N4O5. The van der Waals surface area contributed by atoms with Gasteiger partial charge in [-0.3, -0.25) is 4.79 Å². The number of rotatable bonds is 8. The number of nitrogens with two attached hydrogens (primary N) is 1. The van der Waals surface area contributed by atoms with E-state index in [4.69, 9.17) is 15.2 Å². The van der Waals surface area contributed by atoms with E-state index in [1.807, 2.05) is 85.1 Å². The van der Waals surface area contributed by atoms with Crippen LogP contribution in [0, 0.1) is 0 Å². The van der Waals surface area contributed by atoms with E-state index >= 15 is 0 Å². The lowest BCUT2D eigenvalue weighted by atomic mass is 9.88. The summed E-state index contributed by atoms with van der Waals surface area (Å²) in [5, 5.41) is 3.98. The smallest absolute Gasteiger partial charge is 0.417 e. The second-order valence-electron chi connectivity index (χ2n) is 12.8. The molecule has 0 spiro atoms. The number of nitrogens with one attached hydrogen (secondary N) is 2. The van der Waals surface area contributed by atoms with Crippen molar-refractivity contribution in [3.8, 4) is 0 Å². The summed E-state index contributed by atoms with van der Waals surface area (Å²) >= 11 is 0. The Kier molecular flexibility index (Phi) is 8.52. The summed E-state index contributed by atoms with van der Waals surface area (Å²) in [6.45, 7) is 6.72. The van der Waals surface area contributed by atoms with Crippen LogP contribution in [-0.4, -0.2) is 45.7 Å². The standard InChI is InChI=1S/C35H40N4O5/c1-33(2,3)44-32(42)39(30(40)34(4,36)20-26-21-37-29-17-11-9-15-27(26)29)23-35(19-18-25-14-8-10-16-28(25)35)38-31(41)43-22-24-12-6-5-7-13-24/h5-17,21,37H,18-20,22-23,36H2,1-4H3,(H,38,41)/t34-,35+/m1/s1. The number of alkyl carbamates (subject to hydrolysis) is 1. The van der Waals surface area contributed by atoms with E-state index in [1.54, 1.807) is 27.7 Å². The van der Waals surface area contributed by atoms with Gasteiger partial charge in [-0.25, -0.2) is 14.5 Å². The average Bonchev–Trinajstić information content (AvgIpc) is 3.55. The van der Waals surface area contributed by atoms with Gasteiger partial charge in [0.25, 0.3) is 5.91 Å². The highest BCUT2D eigenvalue weighted by Gasteiger charge is 2.47. The number of carbonyl (C=O) groups is 3. The number of fused-ring (bicyclic) bond motifs is 2. The Morgan fingerprint density at radius 1 is 0.955 bits per heavy atom. The van der Waals surface area contributed by atoms with Gasteiger partial charge in [0.2, 0.25) is 0 Å². The number of hydrogen-bond acceptors (Lipinski definition) is 6. The molecule has 3 aromatic carbocycles. The second kappa shape index (κ2) is 12.2. The molecule has 230 valence electrons. The fourth-order valence-corrected chi connectivity index (χ4v) is 5.84. The summed E-state index contributed by atoms with van der Waals surface area (Å²) in [5.41, 5.74) is 7.72. The zero-order valence-electron chi connectivity index (χ0n) is 25.7. The first-order valence-corrected chi connectivity index (χ1v) is 14.8. The second-order valence-corrected chi connectivity index (χ2v) is 12.8. The van der Waals surface area contributed by atoms with Crippen molar-refractivity contribution in [2.45, 2.75) is 70.2 Å². The lowest BCUT2D eigenvalue weighted by Crippen LogP contribution is -2.61. The van der Waals surface area contributed by atoms with E-state index in [2.05, 4.69) is 10.3 Å². The number of benzene rings is 3. The highest BCUT2D eigenvalue weighted by molar-refractivity contribution is 5.98. The Hall–Kier alpha value is -4.63. The van der Waals surface area contributed by atoms with E-state index in [1.165, 1.54) is 0 Å². The topological polar surface area (TPSA) is 127 Å². The van der Waals surface area contributed by atoms with Gasteiger partial charge in [0.1, 0.15) is 12.2 Å². The van der Waals surface area contributed by atoms with Gasteiger partial charge in [0.15, 0.2) is 0 Å². The van der Waals surface area contributed by atoms with Crippen molar-refractivity contribution in [2.24, 2.45) is 5.73 Å². The summed E-state index contributed by atoms with van der Waals surface area (Å²) in [7, 11) is 0. The van der Waals surface area contributed by atoms with Crippen molar-refractivity contribution in [1.82, 2.24) is 15.2 Å². The summed E-state index contributed by atoms with van der Waals surface area (Å²) in [4.78, 5) is 45.7. The molecule has 1 aliphatic rings. The molecule has 3 amide bonds. The third-order valence-corrected chi connectivity index (χ3v) is 7.92. The van der Waals surface area contributed by atoms with E-state index in [-0.39, 0.29) is 19.6 Å². The van der Waals surface area contributed by atoms with Crippen LogP contribution < -0.4 is 11.1 Å². The third-order valence-electron chi connectivity index (χ3n) is 7.92. The molecule has 9 nitrogen and oxygen atoms in total. The number of ether oxygens (including phenoxy) is 2. The molecule has 1 heterocycles. The minimum absolute atomic E-state index is 0.0740. The molecule has 4 N–H and O–H groups in total. The fourth-order valence-electron chi connectivity index (χ4n) is 5.84. The number of carbonyl (C=O) groups excluding carboxylic acids is 3. The minimum Gasteiger partial charge on any atom is -0.445 e. The van der Waals surface area contributed by atoms with Crippen molar-refractivity contribution in [2.75, 3.05) is 6.54 Å². The number of amides is 3. The Bertz CT molecular complexity index is 1660. The first-order valence-electron chi connectivity index (χ1n) is 14.8. The highest BCUT2D eigenvalue weighted by atomic mass is 16.6. The van der Waals surface area contributed by atoms with Crippen LogP contribution in [0.5, 0.6) is 0 Å². The van der Waals surface area contributed by atoms with E-state index in [9.17, 15) is 14.4 Å². The van der Waals surface area contributed by atoms with Crippen molar-refractivity contribution in [3.05, 3.63) is 107 Å². The number of para-hydroxylation sites is 1. The van der Waals surface area contributed by atoms with Crippen LogP contribution >= 0.6 is 0 Å². The van der Waals surface area contributed by atoms with Crippen LogP contribution in [0.15, 0.2) is 85.1 Å². The number of imide groups is 1. The number of aromatic nitrogens is 1. The fraction of sp³-hybridized carbons (Fsp3) is 0.343. The SMILES string of the molecule is CC(C)(C)OC(=O)N(C[C@@]1(NC(=O)OCc2ccccc2)CCc2ccccc21)C(=O)[C@](C)(N)Cc1c[nH]c2ccccc12. The Balaban J connectivity index is 1.47. The minimum atomic E-state index is -1.48.